The first-order chi connectivity index (χ1) is 14.7. The zero-order valence-corrected chi connectivity index (χ0v) is 18.1. The fourth-order valence-electron chi connectivity index (χ4n) is 3.96. The van der Waals surface area contributed by atoms with Gasteiger partial charge in [-0.2, -0.15) is 0 Å². The van der Waals surface area contributed by atoms with Gasteiger partial charge in [-0.3, -0.25) is 4.79 Å². The number of carbonyl (C=O) groups excluding carboxylic acids is 1. The summed E-state index contributed by atoms with van der Waals surface area (Å²) >= 11 is 3.47. The maximum Gasteiger partial charge on any atom is 0.247 e. The van der Waals surface area contributed by atoms with E-state index in [2.05, 4.69) is 22.9 Å². The quantitative estimate of drug-likeness (QED) is 0.549. The third-order valence-corrected chi connectivity index (χ3v) is 7.25. The number of amides is 1. The summed E-state index contributed by atoms with van der Waals surface area (Å²) in [6, 6.07) is 10.0. The van der Waals surface area contributed by atoms with Gasteiger partial charge in [0.15, 0.2) is 11.5 Å². The molecule has 0 bridgehead atoms. The lowest BCUT2D eigenvalue weighted by Gasteiger charge is -2.34. The minimum atomic E-state index is -0.0213. The van der Waals surface area contributed by atoms with Crippen LogP contribution in [0.3, 0.4) is 0 Å². The third kappa shape index (κ3) is 3.48. The number of hydrogen-bond acceptors (Lipinski definition) is 6. The number of rotatable bonds is 4. The average Bonchev–Trinajstić information content (AvgIpc) is 3.48. The van der Waals surface area contributed by atoms with Crippen molar-refractivity contribution in [3.05, 3.63) is 68.0 Å². The summed E-state index contributed by atoms with van der Waals surface area (Å²) in [5, 5.41) is 4.19. The molecule has 7 heteroatoms. The molecule has 2 aromatic heterocycles. The Hall–Kier alpha value is -2.77. The lowest BCUT2D eigenvalue weighted by atomic mass is 9.98. The van der Waals surface area contributed by atoms with Crippen molar-refractivity contribution in [1.29, 1.82) is 0 Å². The molecule has 0 radical (unpaired) electrons. The number of nitrogens with zero attached hydrogens (tertiary/aromatic N) is 1. The van der Waals surface area contributed by atoms with Crippen molar-refractivity contribution in [3.8, 4) is 17.2 Å². The molecule has 4 heterocycles. The maximum atomic E-state index is 13.2. The lowest BCUT2D eigenvalue weighted by molar-refractivity contribution is -0.127. The van der Waals surface area contributed by atoms with Gasteiger partial charge in [0.05, 0.1) is 13.2 Å². The van der Waals surface area contributed by atoms with Crippen LogP contribution in [0.15, 0.2) is 47.2 Å². The standard InChI is InChI=1S/C23H21NO4S2/c1-26-17-13-15(14-18-23(17)28-10-9-27-18)4-5-21(25)24-8-6-19-16(7-12-30-19)22(24)20-3-2-11-29-20/h2-5,7,11-14,22H,6,8-10H2,1H3. The van der Waals surface area contributed by atoms with E-state index in [-0.39, 0.29) is 11.9 Å². The molecule has 3 aromatic rings. The minimum Gasteiger partial charge on any atom is -0.493 e. The summed E-state index contributed by atoms with van der Waals surface area (Å²) in [7, 11) is 1.60. The molecule has 1 amide bonds. The van der Waals surface area contributed by atoms with Crippen molar-refractivity contribution in [2.75, 3.05) is 26.9 Å². The van der Waals surface area contributed by atoms with Crippen molar-refractivity contribution in [3.63, 3.8) is 0 Å². The molecule has 1 unspecified atom stereocenters. The Morgan fingerprint density at radius 3 is 2.93 bits per heavy atom. The van der Waals surface area contributed by atoms with Crippen LogP contribution in [0.4, 0.5) is 0 Å². The minimum absolute atomic E-state index is 0.000828. The first-order valence-corrected chi connectivity index (χ1v) is 11.6. The van der Waals surface area contributed by atoms with Crippen LogP contribution in [0.5, 0.6) is 17.2 Å². The molecule has 154 valence electrons. The second-order valence-electron chi connectivity index (χ2n) is 7.08. The highest BCUT2D eigenvalue weighted by Gasteiger charge is 2.32. The monoisotopic (exact) mass is 439 g/mol. The number of hydrogen-bond donors (Lipinski definition) is 0. The van der Waals surface area contributed by atoms with Crippen LogP contribution in [0.2, 0.25) is 0 Å². The topological polar surface area (TPSA) is 48.0 Å². The Morgan fingerprint density at radius 2 is 2.10 bits per heavy atom. The Bertz CT molecular complexity index is 1070. The van der Waals surface area contributed by atoms with Gasteiger partial charge in [-0.15, -0.1) is 22.7 Å². The van der Waals surface area contributed by atoms with Crippen LogP contribution in [0, 0.1) is 0 Å². The largest absolute Gasteiger partial charge is 0.493 e. The number of benzene rings is 1. The van der Waals surface area contributed by atoms with Gasteiger partial charge in [-0.25, -0.2) is 0 Å². The fourth-order valence-corrected chi connectivity index (χ4v) is 5.72. The van der Waals surface area contributed by atoms with Crippen molar-refractivity contribution < 1.29 is 19.0 Å². The lowest BCUT2D eigenvalue weighted by Crippen LogP contribution is -2.38. The molecule has 0 aliphatic carbocycles. The summed E-state index contributed by atoms with van der Waals surface area (Å²) < 4.78 is 16.8. The highest BCUT2D eigenvalue weighted by molar-refractivity contribution is 7.10. The average molecular weight is 440 g/mol. The second-order valence-corrected chi connectivity index (χ2v) is 9.06. The number of carbonyl (C=O) groups is 1. The second kappa shape index (κ2) is 8.16. The van der Waals surface area contributed by atoms with Gasteiger partial charge in [0.2, 0.25) is 11.7 Å². The van der Waals surface area contributed by atoms with E-state index in [1.54, 1.807) is 35.9 Å². The molecule has 0 fully saturated rings. The zero-order chi connectivity index (χ0) is 20.5. The molecule has 0 saturated carbocycles. The predicted molar refractivity (Wildman–Crippen MR) is 119 cm³/mol. The Morgan fingerprint density at radius 1 is 1.20 bits per heavy atom. The van der Waals surface area contributed by atoms with Gasteiger partial charge in [0, 0.05) is 22.4 Å². The van der Waals surface area contributed by atoms with Gasteiger partial charge in [0.25, 0.3) is 0 Å². The molecule has 5 nitrogen and oxygen atoms in total. The highest BCUT2D eigenvalue weighted by Crippen LogP contribution is 2.41. The van der Waals surface area contributed by atoms with Gasteiger partial charge in [0.1, 0.15) is 13.2 Å². The molecule has 2 aliphatic rings. The Kier molecular flexibility index (Phi) is 5.23. The summed E-state index contributed by atoms with van der Waals surface area (Å²) in [5.41, 5.74) is 2.09. The summed E-state index contributed by atoms with van der Waals surface area (Å²) in [5.74, 6) is 1.87. The van der Waals surface area contributed by atoms with E-state index in [1.165, 1.54) is 15.3 Å². The number of thiophene rings is 2. The predicted octanol–water partition coefficient (Wildman–Crippen LogP) is 4.78. The molecular formula is C23H21NO4S2. The van der Waals surface area contributed by atoms with Gasteiger partial charge in [-0.1, -0.05) is 6.07 Å². The Balaban J connectivity index is 1.43. The number of ether oxygens (including phenoxy) is 3. The van der Waals surface area contributed by atoms with Crippen molar-refractivity contribution in [2.45, 2.75) is 12.5 Å². The molecule has 2 aliphatic heterocycles. The highest BCUT2D eigenvalue weighted by atomic mass is 32.1. The van der Waals surface area contributed by atoms with Crippen LogP contribution >= 0.6 is 22.7 Å². The van der Waals surface area contributed by atoms with Crippen molar-refractivity contribution in [1.82, 2.24) is 4.90 Å². The van der Waals surface area contributed by atoms with Crippen LogP contribution in [-0.4, -0.2) is 37.7 Å². The van der Waals surface area contributed by atoms with Crippen LogP contribution < -0.4 is 14.2 Å². The van der Waals surface area contributed by atoms with E-state index in [9.17, 15) is 4.79 Å². The maximum absolute atomic E-state index is 13.2. The van der Waals surface area contributed by atoms with E-state index in [0.29, 0.717) is 37.0 Å². The van der Waals surface area contributed by atoms with Crippen LogP contribution in [0.1, 0.15) is 26.9 Å². The van der Waals surface area contributed by atoms with Gasteiger partial charge in [-0.05, 0) is 58.6 Å². The van der Waals surface area contributed by atoms with Gasteiger partial charge < -0.3 is 19.1 Å². The summed E-state index contributed by atoms with van der Waals surface area (Å²) in [6.45, 7) is 1.71. The van der Waals surface area contributed by atoms with Gasteiger partial charge >= 0.3 is 0 Å². The molecular weight excluding hydrogens is 418 g/mol. The molecule has 30 heavy (non-hydrogen) atoms. The Labute approximate surface area is 183 Å². The van der Waals surface area contributed by atoms with E-state index >= 15 is 0 Å². The van der Waals surface area contributed by atoms with E-state index in [0.717, 1.165) is 12.0 Å². The van der Waals surface area contributed by atoms with Crippen molar-refractivity contribution >= 4 is 34.7 Å². The van der Waals surface area contributed by atoms with E-state index in [4.69, 9.17) is 14.2 Å². The molecule has 5 rings (SSSR count). The molecule has 1 atom stereocenters. The molecule has 0 N–H and O–H groups in total. The fraction of sp³-hybridized carbons (Fsp3) is 0.261. The van der Waals surface area contributed by atoms with E-state index in [1.807, 2.05) is 29.2 Å². The summed E-state index contributed by atoms with van der Waals surface area (Å²) in [6.07, 6.45) is 4.35. The molecule has 1 aromatic carbocycles. The smallest absolute Gasteiger partial charge is 0.247 e. The summed E-state index contributed by atoms with van der Waals surface area (Å²) in [4.78, 5) is 17.7. The van der Waals surface area contributed by atoms with E-state index < -0.39 is 0 Å². The molecule has 0 spiro atoms. The third-order valence-electron chi connectivity index (χ3n) is 5.33. The van der Waals surface area contributed by atoms with Crippen LogP contribution in [-0.2, 0) is 11.2 Å². The first-order valence-electron chi connectivity index (χ1n) is 9.80. The van der Waals surface area contributed by atoms with Crippen LogP contribution in [0.25, 0.3) is 6.08 Å². The SMILES string of the molecule is COc1cc(C=CC(=O)N2CCc3sccc3C2c2cccs2)cc2c1OCCO2. The zero-order valence-electron chi connectivity index (χ0n) is 16.5. The normalized spacial score (nSPS) is 17.8. The number of methoxy groups -OCH3 is 1. The van der Waals surface area contributed by atoms with Crippen molar-refractivity contribution in [2.24, 2.45) is 0 Å². The number of fused-ring (bicyclic) bond motifs is 2. The molecule has 0 saturated heterocycles. The first kappa shape index (κ1) is 19.2.